The number of nitrogen functional groups attached to an aromatic ring is 1. The molecule has 3 heterocycles. The summed E-state index contributed by atoms with van der Waals surface area (Å²) in [5.41, 5.74) is 4.89. The Labute approximate surface area is 256 Å². The molecule has 0 saturated carbocycles. The summed E-state index contributed by atoms with van der Waals surface area (Å²) in [5, 5.41) is 10.1. The van der Waals surface area contributed by atoms with Gasteiger partial charge in [0.25, 0.3) is 5.56 Å². The number of nitrogens with one attached hydrogen (secondary N) is 1. The van der Waals surface area contributed by atoms with Crippen LogP contribution >= 0.6 is 23.5 Å². The normalized spacial score (nSPS) is 23.7. The fraction of sp³-hybridized carbons (Fsp3) is 0.500. The van der Waals surface area contributed by atoms with Gasteiger partial charge in [-0.15, -0.1) is 0 Å². The van der Waals surface area contributed by atoms with Crippen molar-refractivity contribution in [3.8, 4) is 0 Å². The first-order valence-corrected chi connectivity index (χ1v) is 12.5. The van der Waals surface area contributed by atoms with Crippen molar-refractivity contribution >= 4 is 40.6 Å². The topological polar surface area (TPSA) is 279 Å². The Balaban J connectivity index is 0.00000363. The molecule has 1 aliphatic heterocycles. The monoisotopic (exact) mass is 576 g/mol. The molecule has 174 valence electrons. The van der Waals surface area contributed by atoms with Crippen LogP contribution in [0.1, 0.15) is 12.6 Å². The maximum absolute atomic E-state index is 11.8. The number of phosphoric acid groups is 3. The molecule has 5 atom stereocenters. The van der Waals surface area contributed by atoms with Crippen LogP contribution in [0.3, 0.4) is 0 Å². The number of nitrogens with two attached hydrogens (primary N) is 1. The van der Waals surface area contributed by atoms with Gasteiger partial charge in [0.15, 0.2) is 11.2 Å². The number of fused-ring (bicyclic) bond motifs is 1. The van der Waals surface area contributed by atoms with Crippen molar-refractivity contribution in [1.82, 2.24) is 19.5 Å². The van der Waals surface area contributed by atoms with Crippen molar-refractivity contribution < 1.29 is 145 Å². The Morgan fingerprint density at radius 3 is 2.35 bits per heavy atom. The minimum Gasteiger partial charge on any atom is -0.390 e. The maximum Gasteiger partial charge on any atom is 1.00 e. The predicted octanol–water partition coefficient (Wildman–Crippen LogP) is -10.3. The first-order valence-electron chi connectivity index (χ1n) is 8.00. The largest absolute Gasteiger partial charge is 1.00 e. The van der Waals surface area contributed by atoms with Gasteiger partial charge in [-0.3, -0.25) is 18.9 Å². The van der Waals surface area contributed by atoms with E-state index in [1.165, 1.54) is 10.9 Å². The van der Waals surface area contributed by atoms with Crippen molar-refractivity contribution in [2.75, 3.05) is 12.3 Å². The zero-order valence-electron chi connectivity index (χ0n) is 18.0. The minimum atomic E-state index is -5.67. The Morgan fingerprint density at radius 2 is 1.76 bits per heavy atom. The molecule has 0 bridgehead atoms. The van der Waals surface area contributed by atoms with Crippen LogP contribution in [0.2, 0.25) is 0 Å². The number of aromatic nitrogens is 4. The Hall–Kier alpha value is 1.48. The Morgan fingerprint density at radius 1 is 1.15 bits per heavy atom. The number of nitrogens with zero attached hydrogens (tertiary/aromatic N) is 3. The van der Waals surface area contributed by atoms with Gasteiger partial charge in [0.05, 0.1) is 19.0 Å². The number of aliphatic hydroxyl groups excluding tert-OH is 1. The summed E-state index contributed by atoms with van der Waals surface area (Å²) in [7, 11) is -16.6. The van der Waals surface area contributed by atoms with E-state index < -0.39 is 54.1 Å². The van der Waals surface area contributed by atoms with E-state index in [2.05, 4.69) is 28.1 Å². The summed E-state index contributed by atoms with van der Waals surface area (Å²) in [6, 6.07) is 0. The van der Waals surface area contributed by atoms with Crippen molar-refractivity contribution in [3.63, 3.8) is 0 Å². The van der Waals surface area contributed by atoms with Crippen LogP contribution in [0.5, 0.6) is 0 Å². The third kappa shape index (κ3) is 9.66. The van der Waals surface area contributed by atoms with Gasteiger partial charge in [-0.25, -0.2) is 18.7 Å². The van der Waals surface area contributed by atoms with Crippen LogP contribution in [0.25, 0.3) is 11.2 Å². The first-order chi connectivity index (χ1) is 14.2. The van der Waals surface area contributed by atoms with E-state index in [4.69, 9.17) is 25.2 Å². The number of aliphatic hydroxyl groups is 1. The smallest absolute Gasteiger partial charge is 0.390 e. The maximum atomic E-state index is 11.8. The second kappa shape index (κ2) is 13.5. The third-order valence-electron chi connectivity index (χ3n) is 3.78. The SMILES string of the molecule is Nc1nc2c(ncn2[C@H]2C[C@H](O)[C@@H](COP(=O)(O)OP(=O)(O)OP(=O)(O)O)O2)c(=O)[nH]1.[Na+].[Na+].[Na+]. The first kappa shape index (κ1) is 35.5. The number of rotatable bonds is 8. The van der Waals surface area contributed by atoms with Gasteiger partial charge in [0.2, 0.25) is 5.95 Å². The van der Waals surface area contributed by atoms with Crippen molar-refractivity contribution in [1.29, 1.82) is 0 Å². The minimum absolute atomic E-state index is 0. The van der Waals surface area contributed by atoms with Gasteiger partial charge in [0.1, 0.15) is 12.3 Å². The summed E-state index contributed by atoms with van der Waals surface area (Å²) in [6.45, 7) is -0.843. The van der Waals surface area contributed by atoms with E-state index in [0.717, 1.165) is 0 Å². The average molecular weight is 576 g/mol. The van der Waals surface area contributed by atoms with E-state index in [1.54, 1.807) is 0 Å². The Bertz CT molecular complexity index is 1190. The van der Waals surface area contributed by atoms with Crippen LogP contribution in [-0.2, 0) is 31.6 Å². The molecule has 1 aliphatic rings. The fourth-order valence-electron chi connectivity index (χ4n) is 2.66. The average Bonchev–Trinajstić information content (AvgIpc) is 3.13. The molecular formula is C10H16N5Na3O13P3+3. The molecule has 0 aliphatic carbocycles. The molecule has 0 spiro atoms. The molecule has 2 aromatic heterocycles. The molecule has 0 radical (unpaired) electrons. The number of aromatic amines is 1. The van der Waals surface area contributed by atoms with Crippen molar-refractivity contribution in [2.24, 2.45) is 0 Å². The number of H-pyrrole nitrogens is 1. The van der Waals surface area contributed by atoms with Gasteiger partial charge in [-0.05, 0) is 0 Å². The predicted molar refractivity (Wildman–Crippen MR) is 96.9 cm³/mol. The van der Waals surface area contributed by atoms with E-state index >= 15 is 0 Å². The third-order valence-corrected chi connectivity index (χ3v) is 7.59. The second-order valence-corrected chi connectivity index (χ2v) is 10.5. The second-order valence-electron chi connectivity index (χ2n) is 6.09. The molecule has 0 amide bonds. The molecule has 1 fully saturated rings. The number of imidazole rings is 1. The number of hydrogen-bond acceptors (Lipinski definition) is 12. The van der Waals surface area contributed by atoms with Gasteiger partial charge in [-0.2, -0.15) is 13.6 Å². The summed E-state index contributed by atoms with van der Waals surface area (Å²) in [5.74, 6) is -0.193. The van der Waals surface area contributed by atoms with Crippen LogP contribution in [0.4, 0.5) is 5.95 Å². The van der Waals surface area contributed by atoms with E-state index in [1.807, 2.05) is 0 Å². The molecule has 1 saturated heterocycles. The van der Waals surface area contributed by atoms with Gasteiger partial charge < -0.3 is 35.2 Å². The van der Waals surface area contributed by atoms with Gasteiger partial charge >= 0.3 is 112 Å². The summed E-state index contributed by atoms with van der Waals surface area (Å²) in [6.07, 6.45) is -2.36. The van der Waals surface area contributed by atoms with Crippen LogP contribution in [-0.4, -0.2) is 63.0 Å². The van der Waals surface area contributed by atoms with Crippen LogP contribution in [0, 0.1) is 0 Å². The van der Waals surface area contributed by atoms with E-state index in [0.29, 0.717) is 0 Å². The van der Waals surface area contributed by atoms with Crippen LogP contribution < -0.4 is 100.0 Å². The molecule has 0 aromatic carbocycles. The molecule has 18 nitrogen and oxygen atoms in total. The zero-order valence-corrected chi connectivity index (χ0v) is 26.7. The molecule has 34 heavy (non-hydrogen) atoms. The molecule has 8 N–H and O–H groups in total. The Kier molecular flexibility index (Phi) is 14.1. The molecule has 24 heteroatoms. The molecule has 3 rings (SSSR count). The summed E-state index contributed by atoms with van der Waals surface area (Å²) < 4.78 is 52.1. The summed E-state index contributed by atoms with van der Waals surface area (Å²) >= 11 is 0. The fourth-order valence-corrected chi connectivity index (χ4v) is 5.69. The summed E-state index contributed by atoms with van der Waals surface area (Å²) in [4.78, 5) is 57.5. The van der Waals surface area contributed by atoms with Crippen LogP contribution in [0.15, 0.2) is 11.1 Å². The molecular weight excluding hydrogens is 560 g/mol. The number of phosphoric ester groups is 1. The standard InChI is InChI=1S/C10H16N5O13P3.3Na/c11-10-13-8-7(9(17)14-10)12-3-15(8)6-1-4(16)5(26-6)2-25-30(21,22)28-31(23,24)27-29(18,19)20;;;/h3-6,16H,1-2H2,(H,21,22)(H,23,24)(H2,18,19,20)(H3,11,13,14,17);;;/q;3*+1/t4-,5+,6+;;;/m0.../s1. The van der Waals surface area contributed by atoms with Gasteiger partial charge in [-0.1, -0.05) is 0 Å². The molecule has 2 unspecified atom stereocenters. The number of hydrogen-bond donors (Lipinski definition) is 7. The van der Waals surface area contributed by atoms with Gasteiger partial charge in [0, 0.05) is 6.42 Å². The van der Waals surface area contributed by atoms with E-state index in [-0.39, 0.29) is 112 Å². The van der Waals surface area contributed by atoms with Crippen molar-refractivity contribution in [3.05, 3.63) is 16.7 Å². The zero-order chi connectivity index (χ0) is 23.2. The van der Waals surface area contributed by atoms with E-state index in [9.17, 15) is 28.5 Å². The molecule has 2 aromatic rings. The number of ether oxygens (including phenoxy) is 1. The number of anilines is 1. The van der Waals surface area contributed by atoms with Crippen molar-refractivity contribution in [2.45, 2.75) is 24.9 Å². The quantitative estimate of drug-likeness (QED) is 0.113.